The molecule has 4 aromatic rings. The molecule has 1 saturated heterocycles. The lowest BCUT2D eigenvalue weighted by atomic mass is 9.87. The summed E-state index contributed by atoms with van der Waals surface area (Å²) in [6.45, 7) is 11.0. The van der Waals surface area contributed by atoms with E-state index in [4.69, 9.17) is 0 Å². The number of aromatic nitrogens is 4. The van der Waals surface area contributed by atoms with Crippen molar-refractivity contribution in [2.75, 3.05) is 31.1 Å². The maximum absolute atomic E-state index is 12.7. The van der Waals surface area contributed by atoms with Crippen molar-refractivity contribution in [3.05, 3.63) is 82.3 Å². The molecule has 1 N–H and O–H groups in total. The molecule has 3 heterocycles. The molecule has 0 atom stereocenters. The van der Waals surface area contributed by atoms with Crippen molar-refractivity contribution in [2.45, 2.75) is 32.7 Å². The maximum atomic E-state index is 12.7. The molecular formula is C26H30N6O. The first-order chi connectivity index (χ1) is 15.9. The molecule has 5 rings (SSSR count). The third-order valence-corrected chi connectivity index (χ3v) is 6.29. The number of nitrogens with zero attached hydrogens (tertiary/aromatic N) is 5. The molecule has 33 heavy (non-hydrogen) atoms. The lowest BCUT2D eigenvalue weighted by Crippen LogP contribution is -2.46. The third kappa shape index (κ3) is 4.54. The van der Waals surface area contributed by atoms with Crippen LogP contribution in [0.25, 0.3) is 17.2 Å². The standard InChI is InChI=1S/C26H30N6O/c1-26(2,3)20-11-9-19(10-12-20)24-28-25-27-21(17-23(33)32(25)29-24)18-30-13-15-31(16-14-30)22-7-5-4-6-8-22/h4-12,17H,13-16,18H2,1-3H3,(H,27,28,29). The minimum absolute atomic E-state index is 0.0897. The summed E-state index contributed by atoms with van der Waals surface area (Å²) in [6, 6.07) is 20.4. The first-order valence-electron chi connectivity index (χ1n) is 11.5. The summed E-state index contributed by atoms with van der Waals surface area (Å²) in [6.07, 6.45) is 0. The Morgan fingerprint density at radius 3 is 2.27 bits per heavy atom. The largest absolute Gasteiger partial charge is 0.369 e. The molecule has 1 fully saturated rings. The van der Waals surface area contributed by atoms with E-state index in [0.717, 1.165) is 37.4 Å². The minimum atomic E-state index is -0.136. The van der Waals surface area contributed by atoms with Crippen LogP contribution in [0.4, 0.5) is 5.69 Å². The van der Waals surface area contributed by atoms with Gasteiger partial charge in [-0.25, -0.2) is 4.98 Å². The van der Waals surface area contributed by atoms with Gasteiger partial charge in [0.15, 0.2) is 5.82 Å². The van der Waals surface area contributed by atoms with E-state index in [1.165, 1.54) is 15.8 Å². The van der Waals surface area contributed by atoms with E-state index in [-0.39, 0.29) is 11.0 Å². The Morgan fingerprint density at radius 2 is 1.61 bits per heavy atom. The van der Waals surface area contributed by atoms with Crippen molar-refractivity contribution in [2.24, 2.45) is 0 Å². The Bertz CT molecular complexity index is 1290. The van der Waals surface area contributed by atoms with Gasteiger partial charge in [-0.05, 0) is 23.1 Å². The zero-order valence-electron chi connectivity index (χ0n) is 19.5. The van der Waals surface area contributed by atoms with Crippen LogP contribution >= 0.6 is 0 Å². The van der Waals surface area contributed by atoms with Crippen molar-refractivity contribution in [1.82, 2.24) is 24.5 Å². The van der Waals surface area contributed by atoms with Crippen LogP contribution in [-0.2, 0) is 12.0 Å². The molecule has 2 aromatic heterocycles. The second kappa shape index (κ2) is 8.48. The molecule has 0 spiro atoms. The summed E-state index contributed by atoms with van der Waals surface area (Å²) in [5, 5.41) is 3.10. The summed E-state index contributed by atoms with van der Waals surface area (Å²) in [5.41, 5.74) is 4.16. The number of para-hydroxylation sites is 1. The number of hydrogen-bond donors (Lipinski definition) is 1. The Hall–Kier alpha value is -3.45. The van der Waals surface area contributed by atoms with E-state index in [0.29, 0.717) is 18.1 Å². The fourth-order valence-corrected chi connectivity index (χ4v) is 4.30. The highest BCUT2D eigenvalue weighted by molar-refractivity contribution is 5.57. The van der Waals surface area contributed by atoms with Crippen molar-refractivity contribution in [3.8, 4) is 11.4 Å². The van der Waals surface area contributed by atoms with E-state index in [1.54, 1.807) is 6.07 Å². The molecule has 170 valence electrons. The Kier molecular flexibility index (Phi) is 5.50. The second-order valence-electron chi connectivity index (χ2n) is 9.72. The van der Waals surface area contributed by atoms with E-state index in [1.807, 2.05) is 18.2 Å². The monoisotopic (exact) mass is 442 g/mol. The van der Waals surface area contributed by atoms with Crippen molar-refractivity contribution >= 4 is 11.5 Å². The molecule has 0 unspecified atom stereocenters. The third-order valence-electron chi connectivity index (χ3n) is 6.29. The summed E-state index contributed by atoms with van der Waals surface area (Å²) in [5.74, 6) is 1.06. The van der Waals surface area contributed by atoms with Crippen molar-refractivity contribution in [3.63, 3.8) is 0 Å². The molecule has 7 heteroatoms. The Balaban J connectivity index is 1.31. The van der Waals surface area contributed by atoms with Crippen LogP contribution in [-0.4, -0.2) is 50.7 Å². The van der Waals surface area contributed by atoms with Gasteiger partial charge in [-0.3, -0.25) is 14.8 Å². The van der Waals surface area contributed by atoms with Crippen LogP contribution in [0.5, 0.6) is 0 Å². The molecule has 2 aromatic carbocycles. The van der Waals surface area contributed by atoms with Crippen molar-refractivity contribution < 1.29 is 0 Å². The van der Waals surface area contributed by atoms with E-state index in [2.05, 4.69) is 82.0 Å². The highest BCUT2D eigenvalue weighted by atomic mass is 16.1. The van der Waals surface area contributed by atoms with Gasteiger partial charge in [0.1, 0.15) is 0 Å². The van der Waals surface area contributed by atoms with Gasteiger partial charge in [0, 0.05) is 50.0 Å². The van der Waals surface area contributed by atoms with E-state index < -0.39 is 0 Å². The lowest BCUT2D eigenvalue weighted by molar-refractivity contribution is 0.247. The fraction of sp³-hybridized carbons (Fsp3) is 0.346. The van der Waals surface area contributed by atoms with Crippen LogP contribution in [0, 0.1) is 0 Å². The minimum Gasteiger partial charge on any atom is -0.369 e. The van der Waals surface area contributed by atoms with E-state index >= 15 is 0 Å². The summed E-state index contributed by atoms with van der Waals surface area (Å²) in [7, 11) is 0. The van der Waals surface area contributed by atoms with Gasteiger partial charge >= 0.3 is 0 Å². The first-order valence-corrected chi connectivity index (χ1v) is 11.5. The predicted octanol–water partition coefficient (Wildman–Crippen LogP) is 3.70. The molecule has 1 aliphatic rings. The van der Waals surface area contributed by atoms with Crippen LogP contribution in [0.1, 0.15) is 32.0 Å². The lowest BCUT2D eigenvalue weighted by Gasteiger charge is -2.35. The normalized spacial score (nSPS) is 15.3. The zero-order valence-corrected chi connectivity index (χ0v) is 19.5. The quantitative estimate of drug-likeness (QED) is 0.522. The van der Waals surface area contributed by atoms with Gasteiger partial charge in [0.25, 0.3) is 11.3 Å². The summed E-state index contributed by atoms with van der Waals surface area (Å²) >= 11 is 0. The SMILES string of the molecule is CC(C)(C)c1ccc(-c2nc3nc(CN4CCN(c5ccccc5)CC4)cc(=O)n3[nH]2)cc1. The van der Waals surface area contributed by atoms with Crippen LogP contribution < -0.4 is 10.5 Å². The molecule has 0 bridgehead atoms. The van der Waals surface area contributed by atoms with Crippen LogP contribution in [0.2, 0.25) is 0 Å². The maximum Gasteiger partial charge on any atom is 0.274 e. The Labute approximate surface area is 193 Å². The highest BCUT2D eigenvalue weighted by Crippen LogP contribution is 2.25. The van der Waals surface area contributed by atoms with E-state index in [9.17, 15) is 4.79 Å². The number of piperazine rings is 1. The summed E-state index contributed by atoms with van der Waals surface area (Å²) in [4.78, 5) is 26.8. The van der Waals surface area contributed by atoms with Gasteiger partial charge in [0.2, 0.25) is 0 Å². The Morgan fingerprint density at radius 1 is 0.909 bits per heavy atom. The summed E-state index contributed by atoms with van der Waals surface area (Å²) < 4.78 is 1.42. The number of aromatic amines is 1. The first kappa shape index (κ1) is 21.4. The topological polar surface area (TPSA) is 69.5 Å². The molecule has 0 saturated carbocycles. The molecule has 1 aliphatic heterocycles. The van der Waals surface area contributed by atoms with Gasteiger partial charge < -0.3 is 4.90 Å². The molecular weight excluding hydrogens is 412 g/mol. The number of hydrogen-bond acceptors (Lipinski definition) is 5. The van der Waals surface area contributed by atoms with Crippen LogP contribution in [0.15, 0.2) is 65.5 Å². The predicted molar refractivity (Wildman–Crippen MR) is 132 cm³/mol. The average molecular weight is 443 g/mol. The number of anilines is 1. The van der Waals surface area contributed by atoms with Gasteiger partial charge in [-0.2, -0.15) is 9.50 Å². The number of benzene rings is 2. The zero-order chi connectivity index (χ0) is 23.0. The number of nitrogens with one attached hydrogen (secondary N) is 1. The number of H-pyrrole nitrogens is 1. The van der Waals surface area contributed by atoms with Gasteiger partial charge in [-0.15, -0.1) is 0 Å². The molecule has 7 nitrogen and oxygen atoms in total. The molecule has 0 amide bonds. The fourth-order valence-electron chi connectivity index (χ4n) is 4.30. The smallest absolute Gasteiger partial charge is 0.274 e. The highest BCUT2D eigenvalue weighted by Gasteiger charge is 2.19. The molecule has 0 aliphatic carbocycles. The second-order valence-corrected chi connectivity index (χ2v) is 9.72. The van der Waals surface area contributed by atoms with Gasteiger partial charge in [0.05, 0.1) is 5.69 Å². The van der Waals surface area contributed by atoms with Crippen molar-refractivity contribution in [1.29, 1.82) is 0 Å². The number of fused-ring (bicyclic) bond motifs is 1. The van der Waals surface area contributed by atoms with Crippen LogP contribution in [0.3, 0.4) is 0 Å². The average Bonchev–Trinajstić information content (AvgIpc) is 3.25. The molecule has 0 radical (unpaired) electrons. The van der Waals surface area contributed by atoms with Gasteiger partial charge in [-0.1, -0.05) is 63.2 Å². The number of rotatable bonds is 4.